The first-order valence-electron chi connectivity index (χ1n) is 6.40. The largest absolute Gasteiger partial charge is 0.481 e. The number of aryl methyl sites for hydroxylation is 1. The third-order valence-corrected chi connectivity index (χ3v) is 5.51. The van der Waals surface area contributed by atoms with Crippen LogP contribution in [0.2, 0.25) is 5.02 Å². The van der Waals surface area contributed by atoms with Crippen LogP contribution in [0.5, 0.6) is 0 Å². The summed E-state index contributed by atoms with van der Waals surface area (Å²) in [5, 5.41) is 9.13. The second-order valence-corrected chi connectivity index (χ2v) is 7.21. The topological polar surface area (TPSA) is 83.9 Å². The zero-order valence-corrected chi connectivity index (χ0v) is 13.0. The lowest BCUT2D eigenvalue weighted by molar-refractivity contribution is -0.141. The summed E-state index contributed by atoms with van der Waals surface area (Å²) in [6.07, 6.45) is -0.855. The van der Waals surface area contributed by atoms with Crippen molar-refractivity contribution in [1.82, 2.24) is 4.31 Å². The Balaban J connectivity index is 2.26. The highest BCUT2D eigenvalue weighted by Gasteiger charge is 2.32. The second-order valence-electron chi connectivity index (χ2n) is 4.86. The fourth-order valence-electron chi connectivity index (χ4n) is 2.22. The van der Waals surface area contributed by atoms with Crippen molar-refractivity contribution < 1.29 is 23.1 Å². The Morgan fingerprint density at radius 1 is 1.52 bits per heavy atom. The predicted octanol–water partition coefficient (Wildman–Crippen LogP) is 1.51. The molecule has 6 nitrogen and oxygen atoms in total. The summed E-state index contributed by atoms with van der Waals surface area (Å²) in [6.45, 7) is 2.10. The van der Waals surface area contributed by atoms with Gasteiger partial charge in [0.15, 0.2) is 0 Å². The van der Waals surface area contributed by atoms with Crippen molar-refractivity contribution in [1.29, 1.82) is 0 Å². The summed E-state index contributed by atoms with van der Waals surface area (Å²) in [7, 11) is -3.71. The monoisotopic (exact) mass is 333 g/mol. The molecule has 1 saturated heterocycles. The van der Waals surface area contributed by atoms with Crippen LogP contribution in [0.15, 0.2) is 23.1 Å². The van der Waals surface area contributed by atoms with Crippen molar-refractivity contribution in [3.05, 3.63) is 28.8 Å². The first-order chi connectivity index (χ1) is 9.80. The summed E-state index contributed by atoms with van der Waals surface area (Å²) in [5.41, 5.74) is 0.598. The van der Waals surface area contributed by atoms with E-state index < -0.39 is 22.1 Å². The molecule has 1 aromatic rings. The molecule has 1 aromatic carbocycles. The van der Waals surface area contributed by atoms with Crippen LogP contribution in [-0.2, 0) is 19.6 Å². The van der Waals surface area contributed by atoms with Gasteiger partial charge in [-0.3, -0.25) is 4.79 Å². The minimum absolute atomic E-state index is 0.0284. The van der Waals surface area contributed by atoms with E-state index in [1.165, 1.54) is 10.4 Å². The summed E-state index contributed by atoms with van der Waals surface area (Å²) in [5.74, 6) is -1.02. The lowest BCUT2D eigenvalue weighted by atomic mass is 10.2. The fourth-order valence-corrected chi connectivity index (χ4v) is 4.16. The van der Waals surface area contributed by atoms with Gasteiger partial charge < -0.3 is 9.84 Å². The minimum atomic E-state index is -3.71. The molecule has 21 heavy (non-hydrogen) atoms. The van der Waals surface area contributed by atoms with Crippen LogP contribution in [-0.4, -0.2) is 49.6 Å². The number of carbonyl (C=O) groups is 1. The van der Waals surface area contributed by atoms with Crippen molar-refractivity contribution in [3.63, 3.8) is 0 Å². The third-order valence-electron chi connectivity index (χ3n) is 3.27. The highest BCUT2D eigenvalue weighted by atomic mass is 35.5. The van der Waals surface area contributed by atoms with E-state index in [2.05, 4.69) is 0 Å². The maximum atomic E-state index is 12.7. The average Bonchev–Trinajstić information content (AvgIpc) is 2.41. The maximum Gasteiger partial charge on any atom is 0.306 e. The number of morpholine rings is 1. The van der Waals surface area contributed by atoms with E-state index in [1.807, 2.05) is 0 Å². The number of rotatable bonds is 4. The van der Waals surface area contributed by atoms with Gasteiger partial charge in [-0.2, -0.15) is 4.31 Å². The van der Waals surface area contributed by atoms with Crippen molar-refractivity contribution in [2.24, 2.45) is 0 Å². The van der Waals surface area contributed by atoms with Crippen LogP contribution in [0.25, 0.3) is 0 Å². The van der Waals surface area contributed by atoms with Crippen molar-refractivity contribution in [2.45, 2.75) is 24.3 Å². The standard InChI is InChI=1S/C13H16ClNO5S/c1-9-2-3-10(14)6-12(9)21(18,19)15-4-5-20-11(8-15)7-13(16)17/h2-3,6,11H,4-5,7-8H2,1H3,(H,16,17). The molecule has 1 N–H and O–H groups in total. The molecule has 1 aliphatic heterocycles. The number of nitrogens with zero attached hydrogens (tertiary/aromatic N) is 1. The van der Waals surface area contributed by atoms with Crippen molar-refractivity contribution in [2.75, 3.05) is 19.7 Å². The third kappa shape index (κ3) is 3.74. The van der Waals surface area contributed by atoms with Crippen LogP contribution in [0.1, 0.15) is 12.0 Å². The van der Waals surface area contributed by atoms with E-state index in [0.717, 1.165) is 0 Å². The number of ether oxygens (including phenoxy) is 1. The Morgan fingerprint density at radius 2 is 2.24 bits per heavy atom. The van der Waals surface area contributed by atoms with Gasteiger partial charge in [0.05, 0.1) is 24.0 Å². The second kappa shape index (κ2) is 6.31. The number of sulfonamides is 1. The van der Waals surface area contributed by atoms with Gasteiger partial charge >= 0.3 is 5.97 Å². The molecule has 0 radical (unpaired) electrons. The highest BCUT2D eigenvalue weighted by molar-refractivity contribution is 7.89. The predicted molar refractivity (Wildman–Crippen MR) is 76.9 cm³/mol. The van der Waals surface area contributed by atoms with Crippen molar-refractivity contribution >= 4 is 27.6 Å². The van der Waals surface area contributed by atoms with Gasteiger partial charge in [0.1, 0.15) is 0 Å². The Kier molecular flexibility index (Phi) is 4.88. The van der Waals surface area contributed by atoms with Crippen molar-refractivity contribution in [3.8, 4) is 0 Å². The number of halogens is 1. The Morgan fingerprint density at radius 3 is 2.90 bits per heavy atom. The number of hydrogen-bond acceptors (Lipinski definition) is 4. The van der Waals surface area contributed by atoms with Gasteiger partial charge in [0.25, 0.3) is 0 Å². The van der Waals surface area contributed by atoms with E-state index >= 15 is 0 Å². The SMILES string of the molecule is Cc1ccc(Cl)cc1S(=O)(=O)N1CCOC(CC(=O)O)C1. The molecule has 0 spiro atoms. The van der Waals surface area contributed by atoms with E-state index in [-0.39, 0.29) is 31.0 Å². The molecule has 1 fully saturated rings. The van der Waals surface area contributed by atoms with Gasteiger partial charge in [-0.15, -0.1) is 0 Å². The number of carboxylic acid groups (broad SMARTS) is 1. The molecule has 0 saturated carbocycles. The molecular formula is C13H16ClNO5S. The summed E-state index contributed by atoms with van der Waals surface area (Å²) < 4.78 is 31.9. The molecular weight excluding hydrogens is 318 g/mol. The van der Waals surface area contributed by atoms with Gasteiger partial charge in [0, 0.05) is 18.1 Å². The molecule has 1 heterocycles. The van der Waals surface area contributed by atoms with E-state index in [1.54, 1.807) is 19.1 Å². The first kappa shape index (κ1) is 16.2. The Bertz CT molecular complexity index is 646. The molecule has 116 valence electrons. The van der Waals surface area contributed by atoms with Gasteiger partial charge in [-0.05, 0) is 24.6 Å². The minimum Gasteiger partial charge on any atom is -0.481 e. The lowest BCUT2D eigenvalue weighted by Gasteiger charge is -2.31. The average molecular weight is 334 g/mol. The smallest absolute Gasteiger partial charge is 0.306 e. The Hall–Kier alpha value is -1.15. The molecule has 1 unspecified atom stereocenters. The zero-order chi connectivity index (χ0) is 15.6. The normalized spacial score (nSPS) is 20.4. The fraction of sp³-hybridized carbons (Fsp3) is 0.462. The molecule has 1 atom stereocenters. The maximum absolute atomic E-state index is 12.7. The number of benzene rings is 1. The molecule has 0 aliphatic carbocycles. The summed E-state index contributed by atoms with van der Waals surface area (Å²) in [4.78, 5) is 10.9. The zero-order valence-electron chi connectivity index (χ0n) is 11.5. The van der Waals surface area contributed by atoms with E-state index in [0.29, 0.717) is 10.6 Å². The van der Waals surface area contributed by atoms with Crippen LogP contribution < -0.4 is 0 Å². The van der Waals surface area contributed by atoms with Gasteiger partial charge in [0.2, 0.25) is 10.0 Å². The molecule has 0 aromatic heterocycles. The molecule has 0 amide bonds. The van der Waals surface area contributed by atoms with E-state index in [4.69, 9.17) is 21.4 Å². The number of aliphatic carboxylic acids is 1. The van der Waals surface area contributed by atoms with Crippen LogP contribution >= 0.6 is 11.6 Å². The first-order valence-corrected chi connectivity index (χ1v) is 8.22. The lowest BCUT2D eigenvalue weighted by Crippen LogP contribution is -2.46. The van der Waals surface area contributed by atoms with Gasteiger partial charge in [-0.25, -0.2) is 8.42 Å². The quantitative estimate of drug-likeness (QED) is 0.903. The molecule has 0 bridgehead atoms. The number of hydrogen-bond donors (Lipinski definition) is 1. The van der Waals surface area contributed by atoms with Crippen LogP contribution in [0.4, 0.5) is 0 Å². The highest BCUT2D eigenvalue weighted by Crippen LogP contribution is 2.25. The van der Waals surface area contributed by atoms with Gasteiger partial charge in [-0.1, -0.05) is 17.7 Å². The summed E-state index contributed by atoms with van der Waals surface area (Å²) in [6, 6.07) is 4.68. The molecule has 8 heteroatoms. The summed E-state index contributed by atoms with van der Waals surface area (Å²) >= 11 is 5.87. The molecule has 1 aliphatic rings. The van der Waals surface area contributed by atoms with Crippen LogP contribution in [0, 0.1) is 6.92 Å². The number of carboxylic acids is 1. The Labute approximate surface area is 128 Å². The molecule has 2 rings (SSSR count). The van der Waals surface area contributed by atoms with E-state index in [9.17, 15) is 13.2 Å². The van der Waals surface area contributed by atoms with Crippen LogP contribution in [0.3, 0.4) is 0 Å².